The predicted molar refractivity (Wildman–Crippen MR) is 144 cm³/mol. The molecule has 3 aromatic carbocycles. The molecule has 1 aromatic heterocycles. The van der Waals surface area contributed by atoms with Crippen LogP contribution in [0.25, 0.3) is 17.0 Å². The standard InChI is InChI=1S/C30H27NO7/c1-3-36-25-13-9-21(17-27(25)35-2)10-14-28(32)37-23-12-11-22-18-24(30(34)38-26(22)19-23)29(33)31-16-15-20-7-5-4-6-8-20/h4-14,17-19H,3,15-16H2,1-2H3,(H,31,33)/b14-10+. The van der Waals surface area contributed by atoms with Gasteiger partial charge in [0.05, 0.1) is 13.7 Å². The van der Waals surface area contributed by atoms with E-state index < -0.39 is 17.5 Å². The second kappa shape index (κ2) is 12.4. The lowest BCUT2D eigenvalue weighted by Gasteiger charge is -2.09. The number of carbonyl (C=O) groups is 2. The number of ether oxygens (including phenoxy) is 3. The second-order valence-corrected chi connectivity index (χ2v) is 8.24. The number of nitrogens with one attached hydrogen (secondary N) is 1. The number of esters is 1. The smallest absolute Gasteiger partial charge is 0.349 e. The zero-order valence-electron chi connectivity index (χ0n) is 21.1. The summed E-state index contributed by atoms with van der Waals surface area (Å²) in [6, 6.07) is 21.1. The molecule has 0 aliphatic rings. The molecular formula is C30H27NO7. The van der Waals surface area contributed by atoms with Crippen LogP contribution in [-0.2, 0) is 11.2 Å². The molecule has 0 radical (unpaired) electrons. The summed E-state index contributed by atoms with van der Waals surface area (Å²) < 4.78 is 21.5. The molecule has 4 aromatic rings. The van der Waals surface area contributed by atoms with Gasteiger partial charge in [0.15, 0.2) is 11.5 Å². The molecule has 194 valence electrons. The van der Waals surface area contributed by atoms with E-state index in [-0.39, 0.29) is 16.9 Å². The van der Waals surface area contributed by atoms with Gasteiger partial charge in [-0.3, -0.25) is 4.79 Å². The first-order valence-electron chi connectivity index (χ1n) is 12.1. The number of fused-ring (bicyclic) bond motifs is 1. The molecule has 0 saturated carbocycles. The van der Waals surface area contributed by atoms with Gasteiger partial charge >= 0.3 is 11.6 Å². The average Bonchev–Trinajstić information content (AvgIpc) is 2.92. The van der Waals surface area contributed by atoms with Crippen LogP contribution >= 0.6 is 0 Å². The molecule has 0 saturated heterocycles. The van der Waals surface area contributed by atoms with Crippen molar-refractivity contribution in [3.63, 3.8) is 0 Å². The van der Waals surface area contributed by atoms with Crippen LogP contribution in [0, 0.1) is 0 Å². The van der Waals surface area contributed by atoms with Crippen molar-refractivity contribution in [2.45, 2.75) is 13.3 Å². The van der Waals surface area contributed by atoms with Gasteiger partial charge in [-0.2, -0.15) is 0 Å². The quantitative estimate of drug-likeness (QED) is 0.141. The Balaban J connectivity index is 1.40. The molecule has 38 heavy (non-hydrogen) atoms. The highest BCUT2D eigenvalue weighted by atomic mass is 16.5. The highest BCUT2D eigenvalue weighted by Gasteiger charge is 2.14. The number of carbonyl (C=O) groups excluding carboxylic acids is 2. The topological polar surface area (TPSA) is 104 Å². The predicted octanol–water partition coefficient (Wildman–Crippen LogP) is 4.79. The van der Waals surface area contributed by atoms with Crippen LogP contribution in [0.15, 0.2) is 88.1 Å². The first-order valence-corrected chi connectivity index (χ1v) is 12.1. The van der Waals surface area contributed by atoms with Crippen LogP contribution in [0.2, 0.25) is 0 Å². The van der Waals surface area contributed by atoms with Gasteiger partial charge in [0.2, 0.25) is 0 Å². The summed E-state index contributed by atoms with van der Waals surface area (Å²) in [4.78, 5) is 37.3. The molecule has 0 unspecified atom stereocenters. The Morgan fingerprint density at radius 2 is 1.79 bits per heavy atom. The third-order valence-corrected chi connectivity index (χ3v) is 5.61. The largest absolute Gasteiger partial charge is 0.493 e. The van der Waals surface area contributed by atoms with Crippen LogP contribution in [0.4, 0.5) is 0 Å². The molecule has 0 aliphatic heterocycles. The van der Waals surface area contributed by atoms with Crippen molar-refractivity contribution >= 4 is 28.9 Å². The van der Waals surface area contributed by atoms with E-state index in [1.54, 1.807) is 43.5 Å². The van der Waals surface area contributed by atoms with Crippen LogP contribution < -0.4 is 25.2 Å². The maximum atomic E-state index is 12.5. The minimum Gasteiger partial charge on any atom is -0.493 e. The number of hydrogen-bond acceptors (Lipinski definition) is 7. The summed E-state index contributed by atoms with van der Waals surface area (Å²) in [7, 11) is 1.54. The molecule has 8 heteroatoms. The zero-order valence-corrected chi connectivity index (χ0v) is 21.1. The summed E-state index contributed by atoms with van der Waals surface area (Å²) in [5, 5.41) is 3.27. The third kappa shape index (κ3) is 6.67. The fourth-order valence-corrected chi connectivity index (χ4v) is 3.75. The summed E-state index contributed by atoms with van der Waals surface area (Å²) in [6.45, 7) is 2.77. The summed E-state index contributed by atoms with van der Waals surface area (Å²) in [5.74, 6) is 0.230. The Morgan fingerprint density at radius 1 is 0.974 bits per heavy atom. The van der Waals surface area contributed by atoms with Crippen molar-refractivity contribution in [1.29, 1.82) is 0 Å². The Bertz CT molecular complexity index is 1520. The third-order valence-electron chi connectivity index (χ3n) is 5.61. The van der Waals surface area contributed by atoms with Crippen molar-refractivity contribution in [2.24, 2.45) is 0 Å². The number of methoxy groups -OCH3 is 1. The number of hydrogen-bond donors (Lipinski definition) is 1. The molecule has 1 amide bonds. The summed E-state index contributed by atoms with van der Waals surface area (Å²) >= 11 is 0. The van der Waals surface area contributed by atoms with E-state index in [2.05, 4.69) is 5.32 Å². The minimum atomic E-state index is -0.775. The van der Waals surface area contributed by atoms with Crippen molar-refractivity contribution < 1.29 is 28.2 Å². The fraction of sp³-hybridized carbons (Fsp3) is 0.167. The van der Waals surface area contributed by atoms with Gasteiger partial charge in [0.25, 0.3) is 5.91 Å². The lowest BCUT2D eigenvalue weighted by Crippen LogP contribution is -2.29. The molecule has 0 bridgehead atoms. The van der Waals surface area contributed by atoms with E-state index in [1.807, 2.05) is 37.3 Å². The summed E-state index contributed by atoms with van der Waals surface area (Å²) in [6.07, 6.45) is 3.50. The first-order chi connectivity index (χ1) is 18.5. The number of rotatable bonds is 10. The van der Waals surface area contributed by atoms with Crippen molar-refractivity contribution in [1.82, 2.24) is 5.32 Å². The van der Waals surface area contributed by atoms with Crippen molar-refractivity contribution in [3.05, 3.63) is 106 Å². The molecule has 0 fully saturated rings. The first kappa shape index (κ1) is 26.2. The normalized spacial score (nSPS) is 10.9. The Hall–Kier alpha value is -4.85. The number of benzene rings is 3. The van der Waals surface area contributed by atoms with Crippen LogP contribution in [0.5, 0.6) is 17.2 Å². The highest BCUT2D eigenvalue weighted by molar-refractivity contribution is 5.97. The van der Waals surface area contributed by atoms with Gasteiger partial charge in [-0.1, -0.05) is 36.4 Å². The van der Waals surface area contributed by atoms with E-state index in [0.29, 0.717) is 36.5 Å². The SMILES string of the molecule is CCOc1ccc(/C=C/C(=O)Oc2ccc3cc(C(=O)NCCc4ccccc4)c(=O)oc3c2)cc1OC. The summed E-state index contributed by atoms with van der Waals surface area (Å²) in [5.41, 5.74) is 1.13. The minimum absolute atomic E-state index is 0.0935. The van der Waals surface area contributed by atoms with Gasteiger partial charge < -0.3 is 23.9 Å². The zero-order chi connectivity index (χ0) is 26.9. The second-order valence-electron chi connectivity index (χ2n) is 8.24. The van der Waals surface area contributed by atoms with Crippen LogP contribution in [0.3, 0.4) is 0 Å². The lowest BCUT2D eigenvalue weighted by atomic mass is 10.1. The lowest BCUT2D eigenvalue weighted by molar-refractivity contribution is -0.128. The molecule has 1 N–H and O–H groups in total. The highest BCUT2D eigenvalue weighted by Crippen LogP contribution is 2.28. The molecule has 4 rings (SSSR count). The van der Waals surface area contributed by atoms with E-state index in [1.165, 1.54) is 18.2 Å². The van der Waals surface area contributed by atoms with Crippen molar-refractivity contribution in [2.75, 3.05) is 20.3 Å². The van der Waals surface area contributed by atoms with Gasteiger partial charge in [-0.25, -0.2) is 9.59 Å². The van der Waals surface area contributed by atoms with E-state index in [4.69, 9.17) is 18.6 Å². The van der Waals surface area contributed by atoms with E-state index in [0.717, 1.165) is 11.1 Å². The molecule has 0 aliphatic carbocycles. The average molecular weight is 514 g/mol. The molecule has 0 spiro atoms. The van der Waals surface area contributed by atoms with E-state index >= 15 is 0 Å². The Kier molecular flexibility index (Phi) is 8.56. The Labute approximate surface area is 219 Å². The molecule has 1 heterocycles. The van der Waals surface area contributed by atoms with Gasteiger partial charge in [0.1, 0.15) is 16.9 Å². The molecule has 0 atom stereocenters. The Morgan fingerprint density at radius 3 is 2.55 bits per heavy atom. The number of amides is 1. The molecule has 8 nitrogen and oxygen atoms in total. The maximum absolute atomic E-state index is 12.5. The van der Waals surface area contributed by atoms with Crippen molar-refractivity contribution in [3.8, 4) is 17.2 Å². The van der Waals surface area contributed by atoms with E-state index in [9.17, 15) is 14.4 Å². The maximum Gasteiger partial charge on any atom is 0.349 e. The fourth-order valence-electron chi connectivity index (χ4n) is 3.75. The van der Waals surface area contributed by atoms with Crippen LogP contribution in [-0.4, -0.2) is 32.1 Å². The monoisotopic (exact) mass is 513 g/mol. The van der Waals surface area contributed by atoms with Crippen LogP contribution in [0.1, 0.15) is 28.4 Å². The van der Waals surface area contributed by atoms with Gasteiger partial charge in [0, 0.05) is 24.1 Å². The molecular weight excluding hydrogens is 486 g/mol. The van der Waals surface area contributed by atoms with Gasteiger partial charge in [-0.15, -0.1) is 0 Å². The van der Waals surface area contributed by atoms with Gasteiger partial charge in [-0.05, 0) is 60.9 Å².